The van der Waals surface area contributed by atoms with Crippen LogP contribution in [0.2, 0.25) is 5.02 Å². The monoisotopic (exact) mass is 279 g/mol. The van der Waals surface area contributed by atoms with Gasteiger partial charge in [0.05, 0.1) is 0 Å². The number of benzene rings is 2. The van der Waals surface area contributed by atoms with Crippen LogP contribution in [0.4, 0.5) is 4.39 Å². The third-order valence-electron chi connectivity index (χ3n) is 3.18. The highest BCUT2D eigenvalue weighted by Crippen LogP contribution is 2.29. The number of hydrogen-bond donors (Lipinski definition) is 2. The molecule has 1 unspecified atom stereocenters. The van der Waals surface area contributed by atoms with Crippen LogP contribution < -0.4 is 5.73 Å². The maximum absolute atomic E-state index is 13.8. The first-order valence-electron chi connectivity index (χ1n) is 5.98. The molecule has 2 nitrogen and oxygen atoms in total. The summed E-state index contributed by atoms with van der Waals surface area (Å²) in [5.41, 5.74) is 5.27. The third kappa shape index (κ3) is 2.95. The molecule has 2 aromatic rings. The van der Waals surface area contributed by atoms with E-state index in [1.54, 1.807) is 30.3 Å². The quantitative estimate of drug-likeness (QED) is 0.904. The van der Waals surface area contributed by atoms with E-state index in [1.165, 1.54) is 12.1 Å². The molecule has 0 saturated heterocycles. The Morgan fingerprint density at radius 3 is 2.37 bits per heavy atom. The van der Waals surface area contributed by atoms with Crippen LogP contribution in [0.25, 0.3) is 0 Å². The summed E-state index contributed by atoms with van der Waals surface area (Å²) in [6.07, 6.45) is 0.0407. The van der Waals surface area contributed by atoms with Crippen molar-refractivity contribution in [2.24, 2.45) is 5.73 Å². The smallest absolute Gasteiger partial charge is 0.128 e. The van der Waals surface area contributed by atoms with Gasteiger partial charge in [-0.3, -0.25) is 0 Å². The molecule has 19 heavy (non-hydrogen) atoms. The first-order chi connectivity index (χ1) is 9.07. The van der Waals surface area contributed by atoms with Crippen molar-refractivity contribution in [3.63, 3.8) is 0 Å². The molecule has 0 aliphatic heterocycles. The lowest BCUT2D eigenvalue weighted by Crippen LogP contribution is -2.37. The lowest BCUT2D eigenvalue weighted by Gasteiger charge is -2.27. The fourth-order valence-corrected chi connectivity index (χ4v) is 2.26. The zero-order valence-corrected chi connectivity index (χ0v) is 11.1. The van der Waals surface area contributed by atoms with Gasteiger partial charge in [0, 0.05) is 23.6 Å². The van der Waals surface area contributed by atoms with Gasteiger partial charge in [0.2, 0.25) is 0 Å². The Bertz CT molecular complexity index is 541. The Balaban J connectivity index is 2.39. The van der Waals surface area contributed by atoms with Crippen molar-refractivity contribution in [2.45, 2.75) is 12.0 Å². The molecule has 0 spiro atoms. The van der Waals surface area contributed by atoms with Crippen molar-refractivity contribution in [3.8, 4) is 0 Å². The minimum absolute atomic E-state index is 0.0122. The van der Waals surface area contributed by atoms with E-state index < -0.39 is 11.4 Å². The largest absolute Gasteiger partial charge is 0.383 e. The summed E-state index contributed by atoms with van der Waals surface area (Å²) in [6, 6.07) is 13.4. The minimum atomic E-state index is -1.33. The van der Waals surface area contributed by atoms with E-state index in [0.29, 0.717) is 10.6 Å². The first-order valence-corrected chi connectivity index (χ1v) is 6.35. The minimum Gasteiger partial charge on any atom is -0.383 e. The topological polar surface area (TPSA) is 46.2 Å². The SMILES string of the molecule is NCC(O)(Cc1c(F)cccc1Cl)c1ccccc1. The van der Waals surface area contributed by atoms with Gasteiger partial charge in [0.15, 0.2) is 0 Å². The van der Waals surface area contributed by atoms with Gasteiger partial charge in [-0.15, -0.1) is 0 Å². The van der Waals surface area contributed by atoms with Crippen LogP contribution in [-0.2, 0) is 12.0 Å². The Morgan fingerprint density at radius 2 is 1.79 bits per heavy atom. The molecule has 2 rings (SSSR count). The van der Waals surface area contributed by atoms with Crippen molar-refractivity contribution in [2.75, 3.05) is 6.54 Å². The van der Waals surface area contributed by atoms with E-state index in [0.717, 1.165) is 0 Å². The summed E-state index contributed by atoms with van der Waals surface area (Å²) in [6.45, 7) is -0.0122. The van der Waals surface area contributed by atoms with Crippen molar-refractivity contribution < 1.29 is 9.50 Å². The highest BCUT2D eigenvalue weighted by atomic mass is 35.5. The second kappa shape index (κ2) is 5.70. The second-order valence-electron chi connectivity index (χ2n) is 4.48. The highest BCUT2D eigenvalue weighted by molar-refractivity contribution is 6.31. The summed E-state index contributed by atoms with van der Waals surface area (Å²) >= 11 is 5.99. The molecule has 0 aliphatic rings. The van der Waals surface area contributed by atoms with Crippen LogP contribution in [0.15, 0.2) is 48.5 Å². The zero-order chi connectivity index (χ0) is 13.9. The number of nitrogens with two attached hydrogens (primary N) is 1. The van der Waals surface area contributed by atoms with Gasteiger partial charge in [-0.05, 0) is 17.7 Å². The van der Waals surface area contributed by atoms with Crippen LogP contribution in [0.3, 0.4) is 0 Å². The van der Waals surface area contributed by atoms with E-state index in [1.807, 2.05) is 6.07 Å². The second-order valence-corrected chi connectivity index (χ2v) is 4.89. The van der Waals surface area contributed by atoms with E-state index in [9.17, 15) is 9.50 Å². The molecule has 0 radical (unpaired) electrons. The summed E-state index contributed by atoms with van der Waals surface area (Å²) in [7, 11) is 0. The summed E-state index contributed by atoms with van der Waals surface area (Å²) < 4.78 is 13.8. The summed E-state index contributed by atoms with van der Waals surface area (Å²) in [4.78, 5) is 0. The zero-order valence-electron chi connectivity index (χ0n) is 10.3. The third-order valence-corrected chi connectivity index (χ3v) is 3.53. The van der Waals surface area contributed by atoms with Gasteiger partial charge in [-0.25, -0.2) is 4.39 Å². The lowest BCUT2D eigenvalue weighted by atomic mass is 9.87. The molecule has 100 valence electrons. The Labute approximate surface area is 116 Å². The van der Waals surface area contributed by atoms with Gasteiger partial charge in [-0.2, -0.15) is 0 Å². The maximum Gasteiger partial charge on any atom is 0.128 e. The van der Waals surface area contributed by atoms with E-state index in [2.05, 4.69) is 0 Å². The highest BCUT2D eigenvalue weighted by Gasteiger charge is 2.29. The Kier molecular flexibility index (Phi) is 4.20. The number of rotatable bonds is 4. The molecule has 0 amide bonds. The van der Waals surface area contributed by atoms with Crippen molar-refractivity contribution in [1.29, 1.82) is 0 Å². The molecule has 2 aromatic carbocycles. The Hall–Kier alpha value is -1.42. The molecule has 0 aliphatic carbocycles. The van der Waals surface area contributed by atoms with Gasteiger partial charge < -0.3 is 10.8 Å². The van der Waals surface area contributed by atoms with Gasteiger partial charge in [-0.1, -0.05) is 48.0 Å². The van der Waals surface area contributed by atoms with Gasteiger partial charge >= 0.3 is 0 Å². The maximum atomic E-state index is 13.8. The molecule has 0 saturated carbocycles. The molecule has 3 N–H and O–H groups in total. The normalized spacial score (nSPS) is 14.1. The predicted molar refractivity (Wildman–Crippen MR) is 74.5 cm³/mol. The Morgan fingerprint density at radius 1 is 1.11 bits per heavy atom. The average Bonchev–Trinajstić information content (AvgIpc) is 2.44. The molecule has 1 atom stereocenters. The fraction of sp³-hybridized carbons (Fsp3) is 0.200. The van der Waals surface area contributed by atoms with Crippen LogP contribution in [0, 0.1) is 5.82 Å². The van der Waals surface area contributed by atoms with Gasteiger partial charge in [0.25, 0.3) is 0 Å². The predicted octanol–water partition coefficient (Wildman–Crippen LogP) is 2.87. The van der Waals surface area contributed by atoms with Crippen LogP contribution in [-0.4, -0.2) is 11.7 Å². The fourth-order valence-electron chi connectivity index (χ4n) is 2.03. The van der Waals surface area contributed by atoms with E-state index in [-0.39, 0.29) is 18.5 Å². The van der Waals surface area contributed by atoms with Crippen LogP contribution in [0.1, 0.15) is 11.1 Å². The molecule has 0 fully saturated rings. The number of halogens is 2. The molecule has 0 bridgehead atoms. The average molecular weight is 280 g/mol. The first kappa shape index (κ1) is 14.0. The van der Waals surface area contributed by atoms with Crippen LogP contribution in [0.5, 0.6) is 0 Å². The summed E-state index contributed by atoms with van der Waals surface area (Å²) in [5.74, 6) is -0.435. The molecule has 4 heteroatoms. The number of hydrogen-bond acceptors (Lipinski definition) is 2. The van der Waals surface area contributed by atoms with Crippen LogP contribution >= 0.6 is 11.6 Å². The molecule has 0 heterocycles. The van der Waals surface area contributed by atoms with Gasteiger partial charge in [0.1, 0.15) is 11.4 Å². The van der Waals surface area contributed by atoms with Crippen molar-refractivity contribution in [1.82, 2.24) is 0 Å². The van der Waals surface area contributed by atoms with E-state index >= 15 is 0 Å². The number of aliphatic hydroxyl groups is 1. The lowest BCUT2D eigenvalue weighted by molar-refractivity contribution is 0.0454. The van der Waals surface area contributed by atoms with Crippen molar-refractivity contribution in [3.05, 3.63) is 70.5 Å². The molecule has 0 aromatic heterocycles. The van der Waals surface area contributed by atoms with E-state index in [4.69, 9.17) is 17.3 Å². The molecular weight excluding hydrogens is 265 g/mol. The van der Waals surface area contributed by atoms with Crippen molar-refractivity contribution >= 4 is 11.6 Å². The molecular formula is C15H15ClFNO. The standard InChI is InChI=1S/C15H15ClFNO/c16-13-7-4-8-14(17)12(13)9-15(19,10-18)11-5-2-1-3-6-11/h1-8,19H,9-10,18H2. The summed E-state index contributed by atoms with van der Waals surface area (Å²) in [5, 5.41) is 10.9.